The first kappa shape index (κ1) is 30.6. The van der Waals surface area contributed by atoms with Crippen molar-refractivity contribution in [2.45, 2.75) is 64.6 Å². The number of hydrogen-bond acceptors (Lipinski definition) is 6. The number of nitro benzene ring substituents is 1. The van der Waals surface area contributed by atoms with Gasteiger partial charge in [-0.3, -0.25) is 24.0 Å². The van der Waals surface area contributed by atoms with Crippen LogP contribution in [0.1, 0.15) is 50.2 Å². The fourth-order valence-corrected chi connectivity index (χ4v) is 5.93. The Balaban J connectivity index is 1.96. The maximum absolute atomic E-state index is 13.8. The third-order valence-corrected chi connectivity index (χ3v) is 8.54. The zero-order chi connectivity index (χ0) is 28.9. The molecule has 0 radical (unpaired) electrons. The highest BCUT2D eigenvalue weighted by molar-refractivity contribution is 7.92. The number of aryl methyl sites for hydroxylation is 1. The molecule has 39 heavy (non-hydrogen) atoms. The van der Waals surface area contributed by atoms with E-state index in [1.165, 1.54) is 23.1 Å². The van der Waals surface area contributed by atoms with E-state index in [0.29, 0.717) is 16.1 Å². The Morgan fingerprint density at radius 2 is 1.79 bits per heavy atom. The summed E-state index contributed by atoms with van der Waals surface area (Å²) in [7, 11) is -4.05. The number of anilines is 1. The molecule has 0 aliphatic heterocycles. The van der Waals surface area contributed by atoms with Crippen molar-refractivity contribution in [1.82, 2.24) is 10.2 Å². The van der Waals surface area contributed by atoms with Gasteiger partial charge < -0.3 is 10.2 Å². The summed E-state index contributed by atoms with van der Waals surface area (Å²) in [5.74, 6) is -1.04. The number of carbonyl (C=O) groups is 2. The molecule has 0 bridgehead atoms. The van der Waals surface area contributed by atoms with Gasteiger partial charge in [-0.15, -0.1) is 0 Å². The minimum Gasteiger partial charge on any atom is -0.352 e. The van der Waals surface area contributed by atoms with E-state index >= 15 is 0 Å². The Bertz CT molecular complexity index is 1350. The van der Waals surface area contributed by atoms with Crippen LogP contribution in [0.2, 0.25) is 10.0 Å². The lowest BCUT2D eigenvalue weighted by Crippen LogP contribution is -2.53. The van der Waals surface area contributed by atoms with E-state index in [0.717, 1.165) is 48.7 Å². The standard InChI is InChI=1S/C26H32Cl2N4O6S/c1-17-9-12-22(32(35)36)14-24(17)31(39(3,37)38)16-25(33)30(15-19-10-11-20(27)13-23(19)28)18(2)26(34)29-21-7-5-4-6-8-21/h9-14,18,21H,4-8,15-16H2,1-3H3,(H,29,34)/t18-/m1/s1. The summed E-state index contributed by atoms with van der Waals surface area (Å²) in [6.45, 7) is 2.41. The van der Waals surface area contributed by atoms with Crippen LogP contribution in [0, 0.1) is 17.0 Å². The van der Waals surface area contributed by atoms with Gasteiger partial charge >= 0.3 is 0 Å². The molecule has 2 amide bonds. The van der Waals surface area contributed by atoms with Crippen molar-refractivity contribution in [2.24, 2.45) is 0 Å². The number of nitrogens with zero attached hydrogens (tertiary/aromatic N) is 3. The summed E-state index contributed by atoms with van der Waals surface area (Å²) in [5.41, 5.74) is 0.629. The second-order valence-corrected chi connectivity index (χ2v) is 12.5. The number of non-ortho nitro benzene ring substituents is 1. The van der Waals surface area contributed by atoms with Crippen LogP contribution in [0.4, 0.5) is 11.4 Å². The molecule has 3 rings (SSSR count). The van der Waals surface area contributed by atoms with Crippen molar-refractivity contribution in [3.05, 3.63) is 67.7 Å². The molecule has 10 nitrogen and oxygen atoms in total. The summed E-state index contributed by atoms with van der Waals surface area (Å²) in [6.07, 6.45) is 5.74. The van der Waals surface area contributed by atoms with E-state index in [2.05, 4.69) is 5.32 Å². The molecule has 1 saturated carbocycles. The minimum absolute atomic E-state index is 0.00355. The lowest BCUT2D eigenvalue weighted by Gasteiger charge is -2.33. The number of rotatable bonds is 10. The molecule has 0 saturated heterocycles. The van der Waals surface area contributed by atoms with Crippen LogP contribution in [-0.2, 0) is 26.2 Å². The monoisotopic (exact) mass is 598 g/mol. The number of benzene rings is 2. The minimum atomic E-state index is -4.05. The zero-order valence-electron chi connectivity index (χ0n) is 22.0. The molecule has 0 unspecified atom stereocenters. The van der Waals surface area contributed by atoms with Gasteiger partial charge in [0, 0.05) is 34.8 Å². The average Bonchev–Trinajstić information content (AvgIpc) is 2.86. The summed E-state index contributed by atoms with van der Waals surface area (Å²) in [5, 5.41) is 15.0. The predicted octanol–water partition coefficient (Wildman–Crippen LogP) is 4.84. The van der Waals surface area contributed by atoms with Crippen LogP contribution in [0.15, 0.2) is 36.4 Å². The van der Waals surface area contributed by atoms with Crippen LogP contribution < -0.4 is 9.62 Å². The van der Waals surface area contributed by atoms with Crippen molar-refractivity contribution in [2.75, 3.05) is 17.1 Å². The lowest BCUT2D eigenvalue weighted by molar-refractivity contribution is -0.384. The van der Waals surface area contributed by atoms with Gasteiger partial charge in [-0.1, -0.05) is 54.6 Å². The van der Waals surface area contributed by atoms with Crippen molar-refractivity contribution in [3.8, 4) is 0 Å². The number of carbonyl (C=O) groups excluding carboxylic acids is 2. The van der Waals surface area contributed by atoms with E-state index in [4.69, 9.17) is 23.2 Å². The van der Waals surface area contributed by atoms with Gasteiger partial charge in [0.25, 0.3) is 5.69 Å². The van der Waals surface area contributed by atoms with Crippen molar-refractivity contribution in [3.63, 3.8) is 0 Å². The molecule has 1 fully saturated rings. The Kier molecular flexibility index (Phi) is 10.2. The van der Waals surface area contributed by atoms with E-state index in [-0.39, 0.29) is 34.9 Å². The highest BCUT2D eigenvalue weighted by atomic mass is 35.5. The molecule has 0 aromatic heterocycles. The average molecular weight is 600 g/mol. The third kappa shape index (κ3) is 8.06. The van der Waals surface area contributed by atoms with Gasteiger partial charge in [0.05, 0.1) is 16.9 Å². The van der Waals surface area contributed by atoms with Crippen molar-refractivity contribution in [1.29, 1.82) is 0 Å². The van der Waals surface area contributed by atoms with Crippen LogP contribution in [-0.4, -0.2) is 54.9 Å². The van der Waals surface area contributed by atoms with Gasteiger partial charge in [0.1, 0.15) is 12.6 Å². The van der Waals surface area contributed by atoms with E-state index in [9.17, 15) is 28.1 Å². The SMILES string of the molecule is Cc1ccc([N+](=O)[O-])cc1N(CC(=O)N(Cc1ccc(Cl)cc1Cl)[C@H](C)C(=O)NC1CCCCC1)S(C)(=O)=O. The summed E-state index contributed by atoms with van der Waals surface area (Å²) >= 11 is 12.4. The number of nitro groups is 1. The van der Waals surface area contributed by atoms with Crippen LogP contribution >= 0.6 is 23.2 Å². The quantitative estimate of drug-likeness (QED) is 0.307. The normalized spacial score (nSPS) is 14.9. The second kappa shape index (κ2) is 13.0. The first-order chi connectivity index (χ1) is 18.3. The molecular weight excluding hydrogens is 567 g/mol. The van der Waals surface area contributed by atoms with Gasteiger partial charge in [-0.05, 0) is 49.9 Å². The molecule has 0 spiro atoms. The lowest BCUT2D eigenvalue weighted by atomic mass is 9.95. The third-order valence-electron chi connectivity index (χ3n) is 6.83. The smallest absolute Gasteiger partial charge is 0.271 e. The van der Waals surface area contributed by atoms with Crippen molar-refractivity contribution < 1.29 is 22.9 Å². The topological polar surface area (TPSA) is 130 Å². The van der Waals surface area contributed by atoms with Gasteiger partial charge in [0.15, 0.2) is 0 Å². The Hall–Kier alpha value is -2.89. The van der Waals surface area contributed by atoms with Gasteiger partial charge in [-0.25, -0.2) is 8.42 Å². The summed E-state index contributed by atoms with van der Waals surface area (Å²) in [4.78, 5) is 39.0. The second-order valence-electron chi connectivity index (χ2n) is 9.77. The molecule has 1 N–H and O–H groups in total. The number of nitrogens with one attached hydrogen (secondary N) is 1. The molecule has 1 aliphatic carbocycles. The summed E-state index contributed by atoms with van der Waals surface area (Å²) < 4.78 is 26.4. The number of sulfonamides is 1. The highest BCUT2D eigenvalue weighted by Gasteiger charge is 2.32. The van der Waals surface area contributed by atoms with Gasteiger partial charge in [-0.2, -0.15) is 0 Å². The molecule has 212 valence electrons. The maximum atomic E-state index is 13.8. The number of hydrogen-bond donors (Lipinski definition) is 1. The molecule has 1 aliphatic rings. The van der Waals surface area contributed by atoms with E-state index in [1.54, 1.807) is 26.0 Å². The molecular formula is C26H32Cl2N4O6S. The van der Waals surface area contributed by atoms with Crippen molar-refractivity contribution >= 4 is 56.4 Å². The van der Waals surface area contributed by atoms with E-state index < -0.39 is 33.4 Å². The fourth-order valence-electron chi connectivity index (χ4n) is 4.56. The molecule has 13 heteroatoms. The largest absolute Gasteiger partial charge is 0.352 e. The van der Waals surface area contributed by atoms with Gasteiger partial charge in [0.2, 0.25) is 21.8 Å². The Morgan fingerprint density at radius 1 is 1.13 bits per heavy atom. The van der Waals surface area contributed by atoms with Crippen LogP contribution in [0.25, 0.3) is 0 Å². The number of halogens is 2. The van der Waals surface area contributed by atoms with E-state index in [1.807, 2.05) is 0 Å². The molecule has 2 aromatic rings. The molecule has 2 aromatic carbocycles. The fraction of sp³-hybridized carbons (Fsp3) is 0.462. The van der Waals surface area contributed by atoms with Crippen LogP contribution in [0.5, 0.6) is 0 Å². The Labute approximate surface area is 238 Å². The highest BCUT2D eigenvalue weighted by Crippen LogP contribution is 2.29. The predicted molar refractivity (Wildman–Crippen MR) is 152 cm³/mol. The first-order valence-electron chi connectivity index (χ1n) is 12.5. The molecule has 0 heterocycles. The zero-order valence-corrected chi connectivity index (χ0v) is 24.4. The first-order valence-corrected chi connectivity index (χ1v) is 15.1. The van der Waals surface area contributed by atoms with Crippen LogP contribution in [0.3, 0.4) is 0 Å². The summed E-state index contributed by atoms with van der Waals surface area (Å²) in [6, 6.07) is 7.59. The Morgan fingerprint density at radius 3 is 2.38 bits per heavy atom. The molecule has 1 atom stereocenters. The number of amides is 2. The maximum Gasteiger partial charge on any atom is 0.271 e.